The van der Waals surface area contributed by atoms with Gasteiger partial charge < -0.3 is 5.32 Å². The molecule has 0 fully saturated rings. The lowest BCUT2D eigenvalue weighted by atomic mass is 10.0. The zero-order valence-corrected chi connectivity index (χ0v) is 11.0. The summed E-state index contributed by atoms with van der Waals surface area (Å²) in [6, 6.07) is 13.7. The van der Waals surface area contributed by atoms with E-state index in [0.29, 0.717) is 0 Å². The molecule has 1 N–H and O–H groups in total. The van der Waals surface area contributed by atoms with Crippen molar-refractivity contribution in [2.45, 2.75) is 19.4 Å². The Morgan fingerprint density at radius 3 is 2.40 bits per heavy atom. The highest BCUT2D eigenvalue weighted by molar-refractivity contribution is 5.51. The Balaban J connectivity index is 2.30. The molecule has 2 aromatic carbocycles. The SMILES string of the molecule is CCC(Nc1ccc(C#N)c(F)c1F)c1ccccc1. The minimum atomic E-state index is -1.11. The summed E-state index contributed by atoms with van der Waals surface area (Å²) in [5.74, 6) is -2.13. The molecule has 0 amide bonds. The standard InChI is InChI=1S/C16H14F2N2/c1-2-13(11-6-4-3-5-7-11)20-14-9-8-12(10-19)15(17)16(14)18/h3-9,13,20H,2H2,1H3. The van der Waals surface area contributed by atoms with E-state index in [2.05, 4.69) is 5.32 Å². The summed E-state index contributed by atoms with van der Waals surface area (Å²) in [4.78, 5) is 0. The number of benzene rings is 2. The molecule has 0 aliphatic rings. The Kier molecular flexibility index (Phi) is 4.31. The number of nitrogens with one attached hydrogen (secondary N) is 1. The maximum absolute atomic E-state index is 13.9. The Morgan fingerprint density at radius 1 is 1.10 bits per heavy atom. The Labute approximate surface area is 116 Å². The van der Waals surface area contributed by atoms with Crippen LogP contribution in [0.1, 0.15) is 30.5 Å². The third kappa shape index (κ3) is 2.77. The smallest absolute Gasteiger partial charge is 0.183 e. The van der Waals surface area contributed by atoms with Crippen molar-refractivity contribution in [3.05, 3.63) is 65.2 Å². The fourth-order valence-electron chi connectivity index (χ4n) is 2.04. The van der Waals surface area contributed by atoms with Crippen molar-refractivity contribution in [1.82, 2.24) is 0 Å². The van der Waals surface area contributed by atoms with Gasteiger partial charge in [0.15, 0.2) is 11.6 Å². The van der Waals surface area contributed by atoms with Crippen molar-refractivity contribution in [3.8, 4) is 6.07 Å². The first-order chi connectivity index (χ1) is 9.67. The average molecular weight is 272 g/mol. The molecule has 0 aliphatic carbocycles. The summed E-state index contributed by atoms with van der Waals surface area (Å²) < 4.78 is 27.5. The number of anilines is 1. The van der Waals surface area contributed by atoms with Crippen LogP contribution in [0, 0.1) is 23.0 Å². The van der Waals surface area contributed by atoms with Crippen molar-refractivity contribution in [3.63, 3.8) is 0 Å². The van der Waals surface area contributed by atoms with Gasteiger partial charge in [0.05, 0.1) is 17.3 Å². The van der Waals surface area contributed by atoms with E-state index in [1.165, 1.54) is 12.1 Å². The Morgan fingerprint density at radius 2 is 1.80 bits per heavy atom. The summed E-state index contributed by atoms with van der Waals surface area (Å²) in [5.41, 5.74) is 0.775. The third-order valence-corrected chi connectivity index (χ3v) is 3.14. The van der Waals surface area contributed by atoms with Crippen LogP contribution in [-0.4, -0.2) is 0 Å². The molecule has 0 aliphatic heterocycles. The maximum Gasteiger partial charge on any atom is 0.183 e. The van der Waals surface area contributed by atoms with Crippen LogP contribution < -0.4 is 5.32 Å². The number of halogens is 2. The largest absolute Gasteiger partial charge is 0.376 e. The molecular weight excluding hydrogens is 258 g/mol. The Bertz CT molecular complexity index is 633. The van der Waals surface area contributed by atoms with Gasteiger partial charge in [-0.25, -0.2) is 8.78 Å². The molecule has 0 saturated heterocycles. The predicted molar refractivity (Wildman–Crippen MR) is 74.2 cm³/mol. The highest BCUT2D eigenvalue weighted by Gasteiger charge is 2.16. The molecule has 0 spiro atoms. The van der Waals surface area contributed by atoms with Gasteiger partial charge in [-0.05, 0) is 24.1 Å². The third-order valence-electron chi connectivity index (χ3n) is 3.14. The van der Waals surface area contributed by atoms with Crippen molar-refractivity contribution in [2.75, 3.05) is 5.32 Å². The van der Waals surface area contributed by atoms with Crippen molar-refractivity contribution >= 4 is 5.69 Å². The zero-order valence-electron chi connectivity index (χ0n) is 11.0. The highest BCUT2D eigenvalue weighted by atomic mass is 19.2. The van der Waals surface area contributed by atoms with E-state index in [-0.39, 0.29) is 17.3 Å². The average Bonchev–Trinajstić information content (AvgIpc) is 2.50. The second-order valence-corrected chi connectivity index (χ2v) is 4.42. The molecule has 1 unspecified atom stereocenters. The lowest BCUT2D eigenvalue weighted by molar-refractivity contribution is 0.507. The predicted octanol–water partition coefficient (Wildman–Crippen LogP) is 4.40. The minimum absolute atomic E-state index is 0.0669. The molecule has 2 rings (SSSR count). The number of nitriles is 1. The molecule has 2 aromatic rings. The molecule has 4 heteroatoms. The van der Waals surface area contributed by atoms with Gasteiger partial charge in [0, 0.05) is 0 Å². The number of rotatable bonds is 4. The molecule has 2 nitrogen and oxygen atoms in total. The molecule has 102 valence electrons. The second kappa shape index (κ2) is 6.16. The Hall–Kier alpha value is -2.41. The van der Waals surface area contributed by atoms with Crippen LogP contribution in [0.25, 0.3) is 0 Å². The first-order valence-corrected chi connectivity index (χ1v) is 6.37. The van der Waals surface area contributed by atoms with Crippen LogP contribution in [0.3, 0.4) is 0 Å². The van der Waals surface area contributed by atoms with Gasteiger partial charge in [0.25, 0.3) is 0 Å². The fourth-order valence-corrected chi connectivity index (χ4v) is 2.04. The van der Waals surface area contributed by atoms with Crippen LogP contribution in [0.5, 0.6) is 0 Å². The van der Waals surface area contributed by atoms with Gasteiger partial charge in [0.1, 0.15) is 6.07 Å². The lowest BCUT2D eigenvalue weighted by Crippen LogP contribution is -2.11. The van der Waals surface area contributed by atoms with Crippen LogP contribution in [0.2, 0.25) is 0 Å². The van der Waals surface area contributed by atoms with E-state index in [4.69, 9.17) is 5.26 Å². The summed E-state index contributed by atoms with van der Waals surface area (Å²) in [6.45, 7) is 1.96. The van der Waals surface area contributed by atoms with Crippen molar-refractivity contribution in [1.29, 1.82) is 5.26 Å². The van der Waals surface area contributed by atoms with Crippen molar-refractivity contribution in [2.24, 2.45) is 0 Å². The summed E-state index contributed by atoms with van der Waals surface area (Å²) in [6.07, 6.45) is 0.727. The van der Waals surface area contributed by atoms with E-state index < -0.39 is 11.6 Å². The number of nitrogens with zero attached hydrogens (tertiary/aromatic N) is 1. The van der Waals surface area contributed by atoms with Crippen LogP contribution in [-0.2, 0) is 0 Å². The van der Waals surface area contributed by atoms with Crippen LogP contribution in [0.4, 0.5) is 14.5 Å². The quantitative estimate of drug-likeness (QED) is 0.895. The molecule has 0 heterocycles. The fraction of sp³-hybridized carbons (Fsp3) is 0.188. The first kappa shape index (κ1) is 14.0. The van der Waals surface area contributed by atoms with E-state index in [9.17, 15) is 8.78 Å². The molecular formula is C16H14F2N2. The summed E-state index contributed by atoms with van der Waals surface area (Å²) >= 11 is 0. The molecule has 1 atom stereocenters. The van der Waals surface area contributed by atoms with E-state index in [0.717, 1.165) is 12.0 Å². The first-order valence-electron chi connectivity index (χ1n) is 6.37. The molecule has 0 aromatic heterocycles. The van der Waals surface area contributed by atoms with Gasteiger partial charge in [-0.2, -0.15) is 5.26 Å². The van der Waals surface area contributed by atoms with Gasteiger partial charge >= 0.3 is 0 Å². The molecule has 0 radical (unpaired) electrons. The van der Waals surface area contributed by atoms with Gasteiger partial charge in [-0.1, -0.05) is 37.3 Å². The van der Waals surface area contributed by atoms with Gasteiger partial charge in [-0.3, -0.25) is 0 Å². The minimum Gasteiger partial charge on any atom is -0.376 e. The summed E-state index contributed by atoms with van der Waals surface area (Å²) in [7, 11) is 0. The molecule has 0 saturated carbocycles. The zero-order chi connectivity index (χ0) is 14.5. The summed E-state index contributed by atoms with van der Waals surface area (Å²) in [5, 5.41) is 11.6. The van der Waals surface area contributed by atoms with E-state index >= 15 is 0 Å². The monoisotopic (exact) mass is 272 g/mol. The van der Waals surface area contributed by atoms with Crippen LogP contribution >= 0.6 is 0 Å². The van der Waals surface area contributed by atoms with Crippen LogP contribution in [0.15, 0.2) is 42.5 Å². The number of hydrogen-bond donors (Lipinski definition) is 1. The van der Waals surface area contributed by atoms with Crippen molar-refractivity contribution < 1.29 is 8.78 Å². The normalized spacial score (nSPS) is 11.7. The van der Waals surface area contributed by atoms with E-state index in [1.807, 2.05) is 37.3 Å². The van der Waals surface area contributed by atoms with E-state index in [1.54, 1.807) is 6.07 Å². The lowest BCUT2D eigenvalue weighted by Gasteiger charge is -2.19. The highest BCUT2D eigenvalue weighted by Crippen LogP contribution is 2.26. The van der Waals surface area contributed by atoms with Gasteiger partial charge in [0.2, 0.25) is 0 Å². The molecule has 0 bridgehead atoms. The number of hydrogen-bond acceptors (Lipinski definition) is 2. The second-order valence-electron chi connectivity index (χ2n) is 4.42. The maximum atomic E-state index is 13.9. The van der Waals surface area contributed by atoms with Gasteiger partial charge in [-0.15, -0.1) is 0 Å². The topological polar surface area (TPSA) is 35.8 Å². The molecule has 20 heavy (non-hydrogen) atoms.